The fourth-order valence-electron chi connectivity index (χ4n) is 2.55. The molecule has 0 radical (unpaired) electrons. The number of aromatic nitrogens is 2. The van der Waals surface area contributed by atoms with Crippen molar-refractivity contribution in [3.63, 3.8) is 0 Å². The van der Waals surface area contributed by atoms with E-state index >= 15 is 0 Å². The summed E-state index contributed by atoms with van der Waals surface area (Å²) in [5.41, 5.74) is 0.779. The van der Waals surface area contributed by atoms with E-state index in [1.54, 1.807) is 0 Å². The highest BCUT2D eigenvalue weighted by atomic mass is 32.2. The Balaban J connectivity index is 1.68. The van der Waals surface area contributed by atoms with Crippen LogP contribution in [0.5, 0.6) is 0 Å². The molecule has 0 bridgehead atoms. The van der Waals surface area contributed by atoms with Gasteiger partial charge in [0.2, 0.25) is 0 Å². The Labute approximate surface area is 141 Å². The zero-order valence-corrected chi connectivity index (χ0v) is 13.9. The molecule has 0 aliphatic carbocycles. The molecule has 1 aliphatic heterocycles. The number of nitrogens with one attached hydrogen (secondary N) is 1. The predicted octanol–water partition coefficient (Wildman–Crippen LogP) is 1.48. The van der Waals surface area contributed by atoms with Crippen LogP contribution < -0.4 is 5.32 Å². The van der Waals surface area contributed by atoms with Gasteiger partial charge in [-0.05, 0) is 23.6 Å². The van der Waals surface area contributed by atoms with Crippen molar-refractivity contribution in [2.75, 3.05) is 18.1 Å². The molecule has 0 atom stereocenters. The third kappa shape index (κ3) is 4.10. The molecule has 0 saturated carbocycles. The molecular weight excluding hydrogens is 358 g/mol. The van der Waals surface area contributed by atoms with E-state index in [9.17, 15) is 22.0 Å². The van der Waals surface area contributed by atoms with Crippen molar-refractivity contribution in [3.8, 4) is 0 Å². The van der Waals surface area contributed by atoms with Gasteiger partial charge in [-0.1, -0.05) is 5.16 Å². The van der Waals surface area contributed by atoms with Crippen molar-refractivity contribution < 1.29 is 26.5 Å². The average Bonchev–Trinajstić information content (AvgIpc) is 2.91. The molecule has 8 nitrogen and oxygen atoms in total. The van der Waals surface area contributed by atoms with Crippen LogP contribution in [0.2, 0.25) is 0 Å². The monoisotopic (exact) mass is 372 g/mol. The van der Waals surface area contributed by atoms with Crippen LogP contribution in [0.3, 0.4) is 0 Å². The standard InChI is InChI=1S/C14H14F2N4O4S/c1-25(22,23)7-12-17-13(24-19-12)18-14(21)20-3-2-10-8(6-20)4-9(15)5-11(10)16/h4-5H,2-3,6-7H2,1H3,(H,17,18,19,21). The van der Waals surface area contributed by atoms with E-state index in [0.717, 1.165) is 12.3 Å². The summed E-state index contributed by atoms with van der Waals surface area (Å²) in [7, 11) is -3.33. The number of hydrogen-bond acceptors (Lipinski definition) is 6. The van der Waals surface area contributed by atoms with Gasteiger partial charge in [0.25, 0.3) is 0 Å². The molecule has 0 fully saturated rings. The van der Waals surface area contributed by atoms with Crippen molar-refractivity contribution in [1.82, 2.24) is 15.0 Å². The Morgan fingerprint density at radius 1 is 1.40 bits per heavy atom. The maximum atomic E-state index is 13.7. The number of rotatable bonds is 3. The third-order valence-corrected chi connectivity index (χ3v) is 4.39. The first-order chi connectivity index (χ1) is 11.7. The Hall–Kier alpha value is -2.56. The van der Waals surface area contributed by atoms with Gasteiger partial charge in [-0.2, -0.15) is 4.98 Å². The number of hydrogen-bond donors (Lipinski definition) is 1. The van der Waals surface area contributed by atoms with E-state index < -0.39 is 33.3 Å². The van der Waals surface area contributed by atoms with E-state index in [4.69, 9.17) is 4.52 Å². The molecule has 0 unspecified atom stereocenters. The lowest BCUT2D eigenvalue weighted by atomic mass is 9.99. The molecule has 2 amide bonds. The lowest BCUT2D eigenvalue weighted by Gasteiger charge is -2.28. The van der Waals surface area contributed by atoms with Gasteiger partial charge in [0.1, 0.15) is 17.4 Å². The minimum atomic E-state index is -3.33. The molecule has 1 aromatic carbocycles. The quantitative estimate of drug-likeness (QED) is 0.875. The number of nitrogens with zero attached hydrogens (tertiary/aromatic N) is 3. The predicted molar refractivity (Wildman–Crippen MR) is 82.3 cm³/mol. The molecule has 11 heteroatoms. The lowest BCUT2D eigenvalue weighted by Crippen LogP contribution is -2.39. The fourth-order valence-corrected chi connectivity index (χ4v) is 3.14. The van der Waals surface area contributed by atoms with E-state index in [2.05, 4.69) is 15.5 Å². The second-order valence-corrected chi connectivity index (χ2v) is 7.85. The van der Waals surface area contributed by atoms with Gasteiger partial charge in [0.15, 0.2) is 15.7 Å². The minimum absolute atomic E-state index is 0.0280. The maximum Gasteiger partial charge on any atom is 0.329 e. The van der Waals surface area contributed by atoms with Gasteiger partial charge in [0.05, 0.1) is 0 Å². The van der Waals surface area contributed by atoms with Crippen LogP contribution in [0.15, 0.2) is 16.7 Å². The summed E-state index contributed by atoms with van der Waals surface area (Å²) in [6.07, 6.45) is 1.27. The maximum absolute atomic E-state index is 13.7. The van der Waals surface area contributed by atoms with Crippen molar-refractivity contribution in [3.05, 3.63) is 40.7 Å². The molecule has 0 saturated heterocycles. The number of fused-ring (bicyclic) bond motifs is 1. The Bertz CT molecular complexity index is 929. The molecule has 1 N–H and O–H groups in total. The lowest BCUT2D eigenvalue weighted by molar-refractivity contribution is 0.204. The molecule has 2 heterocycles. The van der Waals surface area contributed by atoms with Crippen LogP contribution in [0.4, 0.5) is 19.6 Å². The van der Waals surface area contributed by atoms with E-state index in [0.29, 0.717) is 11.1 Å². The Morgan fingerprint density at radius 2 is 2.16 bits per heavy atom. The second kappa shape index (κ2) is 6.39. The topological polar surface area (TPSA) is 105 Å². The van der Waals surface area contributed by atoms with Gasteiger partial charge in [0, 0.05) is 25.4 Å². The fraction of sp³-hybridized carbons (Fsp3) is 0.357. The second-order valence-electron chi connectivity index (χ2n) is 5.71. The summed E-state index contributed by atoms with van der Waals surface area (Å²) in [4.78, 5) is 17.3. The summed E-state index contributed by atoms with van der Waals surface area (Å²) in [6, 6.07) is 1.16. The first-order valence-corrected chi connectivity index (χ1v) is 9.30. The highest BCUT2D eigenvalue weighted by molar-refractivity contribution is 7.89. The normalized spacial score (nSPS) is 14.3. The summed E-state index contributed by atoms with van der Waals surface area (Å²) in [5.74, 6) is -1.83. The van der Waals surface area contributed by atoms with Crippen LogP contribution in [0, 0.1) is 11.6 Å². The molecule has 1 aromatic heterocycles. The third-order valence-electron chi connectivity index (χ3n) is 3.61. The summed E-state index contributed by atoms with van der Waals surface area (Å²) in [6.45, 7) is 0.256. The molecule has 1 aliphatic rings. The highest BCUT2D eigenvalue weighted by Gasteiger charge is 2.25. The number of sulfone groups is 1. The van der Waals surface area contributed by atoms with E-state index in [-0.39, 0.29) is 31.3 Å². The van der Waals surface area contributed by atoms with Crippen LogP contribution in [0.1, 0.15) is 17.0 Å². The SMILES string of the molecule is CS(=O)(=O)Cc1noc(NC(=O)N2CCc3c(F)cc(F)cc3C2)n1. The first kappa shape index (κ1) is 17.3. The zero-order valence-electron chi connectivity index (χ0n) is 13.1. The van der Waals surface area contributed by atoms with Crippen molar-refractivity contribution in [1.29, 1.82) is 0 Å². The number of anilines is 1. The molecule has 3 rings (SSSR count). The van der Waals surface area contributed by atoms with Crippen LogP contribution in [-0.4, -0.2) is 42.3 Å². The van der Waals surface area contributed by atoms with Gasteiger partial charge < -0.3 is 9.42 Å². The number of carbonyl (C=O) groups excluding carboxylic acids is 1. The van der Waals surface area contributed by atoms with E-state index in [1.165, 1.54) is 11.0 Å². The largest absolute Gasteiger partial charge is 0.329 e. The van der Waals surface area contributed by atoms with Crippen LogP contribution >= 0.6 is 0 Å². The molecule has 2 aromatic rings. The smallest absolute Gasteiger partial charge is 0.320 e. The minimum Gasteiger partial charge on any atom is -0.320 e. The van der Waals surface area contributed by atoms with Gasteiger partial charge >= 0.3 is 12.0 Å². The first-order valence-electron chi connectivity index (χ1n) is 7.24. The number of halogens is 2. The van der Waals surface area contributed by atoms with Crippen LogP contribution in [-0.2, 0) is 28.6 Å². The van der Waals surface area contributed by atoms with Gasteiger partial charge in [-0.3, -0.25) is 5.32 Å². The van der Waals surface area contributed by atoms with E-state index in [1.807, 2.05) is 0 Å². The summed E-state index contributed by atoms with van der Waals surface area (Å²) >= 11 is 0. The van der Waals surface area contributed by atoms with Crippen molar-refractivity contribution in [2.24, 2.45) is 0 Å². The molecular formula is C14H14F2N4O4S. The Kier molecular flexibility index (Phi) is 4.41. The molecule has 0 spiro atoms. The molecule has 25 heavy (non-hydrogen) atoms. The molecule has 134 valence electrons. The van der Waals surface area contributed by atoms with Crippen molar-refractivity contribution in [2.45, 2.75) is 18.7 Å². The van der Waals surface area contributed by atoms with Crippen molar-refractivity contribution >= 4 is 21.9 Å². The number of urea groups is 1. The number of benzene rings is 1. The Morgan fingerprint density at radius 3 is 2.88 bits per heavy atom. The highest BCUT2D eigenvalue weighted by Crippen LogP contribution is 2.23. The summed E-state index contributed by atoms with van der Waals surface area (Å²) in [5, 5.41) is 5.80. The van der Waals surface area contributed by atoms with Gasteiger partial charge in [-0.15, -0.1) is 0 Å². The zero-order chi connectivity index (χ0) is 18.2. The van der Waals surface area contributed by atoms with Crippen LogP contribution in [0.25, 0.3) is 0 Å². The number of amides is 2. The average molecular weight is 372 g/mol. The number of carbonyl (C=O) groups is 1. The summed E-state index contributed by atoms with van der Waals surface area (Å²) < 4.78 is 54.2. The van der Waals surface area contributed by atoms with Gasteiger partial charge in [-0.25, -0.2) is 22.0 Å².